The van der Waals surface area contributed by atoms with Crippen LogP contribution in [0, 0.1) is 5.82 Å². The molecule has 0 aliphatic carbocycles. The highest BCUT2D eigenvalue weighted by atomic mass is 19.1. The average molecular weight is 319 g/mol. The fourth-order valence-corrected chi connectivity index (χ4v) is 1.93. The molecule has 0 unspecified atom stereocenters. The maximum Gasteiger partial charge on any atom is 0.338 e. The highest BCUT2D eigenvalue weighted by Crippen LogP contribution is 2.15. The lowest BCUT2D eigenvalue weighted by atomic mass is 10.1. The van der Waals surface area contributed by atoms with Crippen molar-refractivity contribution in [1.82, 2.24) is 9.97 Å². The Morgan fingerprint density at radius 1 is 1.26 bits per heavy atom. The van der Waals surface area contributed by atoms with Crippen LogP contribution in [0.25, 0.3) is 11.4 Å². The molecule has 1 aliphatic heterocycles. The zero-order chi connectivity index (χ0) is 16.7. The second-order valence-electron chi connectivity index (χ2n) is 5.06. The van der Waals surface area contributed by atoms with Gasteiger partial charge in [0.05, 0.1) is 5.56 Å². The van der Waals surface area contributed by atoms with Crippen LogP contribution < -0.4 is 5.73 Å². The van der Waals surface area contributed by atoms with E-state index in [1.807, 2.05) is 0 Å². The van der Waals surface area contributed by atoms with Gasteiger partial charge in [0.2, 0.25) is 0 Å². The summed E-state index contributed by atoms with van der Waals surface area (Å²) in [4.78, 5) is 18.3. The van der Waals surface area contributed by atoms with Crippen molar-refractivity contribution in [2.24, 2.45) is 5.73 Å². The summed E-state index contributed by atoms with van der Waals surface area (Å²) in [6.45, 7) is 1.72. The number of hydrogen-bond acceptors (Lipinski definition) is 5. The number of benzene rings is 1. The molecule has 1 aromatic heterocycles. The Hall–Kier alpha value is -2.38. The first-order valence-electron chi connectivity index (χ1n) is 7.21. The number of carboxylic acid groups (broad SMARTS) is 1. The Morgan fingerprint density at radius 2 is 1.91 bits per heavy atom. The third-order valence-corrected chi connectivity index (χ3v) is 3.25. The lowest BCUT2D eigenvalue weighted by Crippen LogP contribution is -2.28. The van der Waals surface area contributed by atoms with Crippen LogP contribution in [0.1, 0.15) is 23.2 Å². The van der Waals surface area contributed by atoms with Gasteiger partial charge >= 0.3 is 5.97 Å². The van der Waals surface area contributed by atoms with E-state index in [1.165, 1.54) is 24.5 Å². The summed E-state index contributed by atoms with van der Waals surface area (Å²) in [5.41, 5.74) is 6.07. The number of halogens is 1. The van der Waals surface area contributed by atoms with Gasteiger partial charge in [0.15, 0.2) is 5.82 Å². The Morgan fingerprint density at radius 3 is 2.39 bits per heavy atom. The van der Waals surface area contributed by atoms with E-state index >= 15 is 0 Å². The van der Waals surface area contributed by atoms with E-state index in [4.69, 9.17) is 15.6 Å². The minimum atomic E-state index is -1.09. The second-order valence-corrected chi connectivity index (χ2v) is 5.06. The molecule has 1 saturated heterocycles. The third kappa shape index (κ3) is 5.39. The molecular formula is C16H18FN3O3. The van der Waals surface area contributed by atoms with Gasteiger partial charge in [0.25, 0.3) is 0 Å². The van der Waals surface area contributed by atoms with Crippen molar-refractivity contribution >= 4 is 5.97 Å². The quantitative estimate of drug-likeness (QED) is 0.879. The monoisotopic (exact) mass is 319 g/mol. The van der Waals surface area contributed by atoms with E-state index in [-0.39, 0.29) is 11.4 Å². The molecule has 0 saturated carbocycles. The van der Waals surface area contributed by atoms with Crippen LogP contribution >= 0.6 is 0 Å². The molecule has 23 heavy (non-hydrogen) atoms. The Kier molecular flexibility index (Phi) is 6.13. The smallest absolute Gasteiger partial charge is 0.338 e. The van der Waals surface area contributed by atoms with Crippen molar-refractivity contribution < 1.29 is 19.0 Å². The predicted molar refractivity (Wildman–Crippen MR) is 82.4 cm³/mol. The van der Waals surface area contributed by atoms with Gasteiger partial charge in [0.1, 0.15) is 5.82 Å². The number of carbonyl (C=O) groups is 1. The predicted octanol–water partition coefficient (Wildman–Crippen LogP) is 2.10. The van der Waals surface area contributed by atoms with Gasteiger partial charge in [-0.1, -0.05) is 12.1 Å². The maximum atomic E-state index is 12.9. The number of aromatic nitrogens is 2. The van der Waals surface area contributed by atoms with E-state index in [2.05, 4.69) is 9.97 Å². The molecule has 122 valence electrons. The molecule has 2 aromatic rings. The zero-order valence-electron chi connectivity index (χ0n) is 12.5. The van der Waals surface area contributed by atoms with Crippen molar-refractivity contribution in [2.45, 2.75) is 18.9 Å². The van der Waals surface area contributed by atoms with Crippen LogP contribution in [0.5, 0.6) is 0 Å². The molecule has 2 heterocycles. The van der Waals surface area contributed by atoms with Gasteiger partial charge in [-0.05, 0) is 25.0 Å². The molecule has 1 fully saturated rings. The molecule has 0 atom stereocenters. The highest BCUT2D eigenvalue weighted by molar-refractivity contribution is 5.86. The van der Waals surface area contributed by atoms with Gasteiger partial charge < -0.3 is 15.6 Å². The van der Waals surface area contributed by atoms with Gasteiger partial charge in [0, 0.05) is 37.2 Å². The van der Waals surface area contributed by atoms with Crippen LogP contribution in [0.15, 0.2) is 36.7 Å². The topological polar surface area (TPSA) is 98.3 Å². The molecule has 1 aromatic carbocycles. The Bertz CT molecular complexity index is 643. The lowest BCUT2D eigenvalue weighted by molar-refractivity contribution is 0.0696. The number of ether oxygens (including phenoxy) is 1. The van der Waals surface area contributed by atoms with E-state index < -0.39 is 5.97 Å². The zero-order valence-corrected chi connectivity index (χ0v) is 12.5. The van der Waals surface area contributed by atoms with Gasteiger partial charge in [-0.2, -0.15) is 0 Å². The second kappa shape index (κ2) is 8.30. The standard InChI is InChI=1S/C11H7FN2O2.C5H11NO/c12-9-3-1-2-7(4-9)10-13-5-8(6-14-10)11(15)16;6-5-1-3-7-4-2-5/h1-6H,(H,15,16);5H,1-4,6H2. The summed E-state index contributed by atoms with van der Waals surface area (Å²) in [6, 6.07) is 6.21. The molecule has 0 radical (unpaired) electrons. The van der Waals surface area contributed by atoms with Gasteiger partial charge in [-0.15, -0.1) is 0 Å². The van der Waals surface area contributed by atoms with Gasteiger partial charge in [-0.25, -0.2) is 19.2 Å². The molecule has 0 spiro atoms. The van der Waals surface area contributed by atoms with Crippen LogP contribution in [-0.2, 0) is 4.74 Å². The van der Waals surface area contributed by atoms with Crippen molar-refractivity contribution in [1.29, 1.82) is 0 Å². The molecular weight excluding hydrogens is 301 g/mol. The molecule has 3 N–H and O–H groups in total. The number of nitrogens with two attached hydrogens (primary N) is 1. The molecule has 0 amide bonds. The highest BCUT2D eigenvalue weighted by Gasteiger charge is 2.07. The minimum Gasteiger partial charge on any atom is -0.478 e. The first kappa shape index (κ1) is 17.0. The van der Waals surface area contributed by atoms with E-state index in [9.17, 15) is 9.18 Å². The van der Waals surface area contributed by atoms with Gasteiger partial charge in [-0.3, -0.25) is 0 Å². The molecule has 1 aliphatic rings. The minimum absolute atomic E-state index is 0.000142. The fraction of sp³-hybridized carbons (Fsp3) is 0.312. The maximum absolute atomic E-state index is 12.9. The summed E-state index contributed by atoms with van der Waals surface area (Å²) in [6.07, 6.45) is 4.46. The summed E-state index contributed by atoms with van der Waals surface area (Å²) in [7, 11) is 0. The largest absolute Gasteiger partial charge is 0.478 e. The van der Waals surface area contributed by atoms with Crippen LogP contribution in [-0.4, -0.2) is 40.3 Å². The average Bonchev–Trinajstić information content (AvgIpc) is 2.56. The normalized spacial score (nSPS) is 14.7. The van der Waals surface area contributed by atoms with E-state index in [0.29, 0.717) is 17.4 Å². The SMILES string of the molecule is NC1CCOCC1.O=C(O)c1cnc(-c2cccc(F)c2)nc1. The van der Waals surface area contributed by atoms with Crippen LogP contribution in [0.4, 0.5) is 4.39 Å². The van der Waals surface area contributed by atoms with Crippen LogP contribution in [0.2, 0.25) is 0 Å². The third-order valence-electron chi connectivity index (χ3n) is 3.25. The van der Waals surface area contributed by atoms with Crippen molar-refractivity contribution in [2.75, 3.05) is 13.2 Å². The number of nitrogens with zero attached hydrogens (tertiary/aromatic N) is 2. The first-order chi connectivity index (χ1) is 11.1. The summed E-state index contributed by atoms with van der Waals surface area (Å²) >= 11 is 0. The first-order valence-corrected chi connectivity index (χ1v) is 7.21. The van der Waals surface area contributed by atoms with Crippen LogP contribution in [0.3, 0.4) is 0 Å². The van der Waals surface area contributed by atoms with E-state index in [0.717, 1.165) is 26.1 Å². The number of rotatable bonds is 2. The Balaban J connectivity index is 0.000000229. The number of hydrogen-bond donors (Lipinski definition) is 2. The number of carboxylic acids is 1. The lowest BCUT2D eigenvalue weighted by Gasteiger charge is -2.16. The van der Waals surface area contributed by atoms with E-state index in [1.54, 1.807) is 12.1 Å². The molecule has 6 nitrogen and oxygen atoms in total. The fourth-order valence-electron chi connectivity index (χ4n) is 1.93. The molecule has 3 rings (SSSR count). The Labute approximate surface area is 133 Å². The summed E-state index contributed by atoms with van der Waals surface area (Å²) in [5, 5.41) is 8.65. The van der Waals surface area contributed by atoms with Crippen molar-refractivity contribution in [3.8, 4) is 11.4 Å². The van der Waals surface area contributed by atoms with Crippen molar-refractivity contribution in [3.63, 3.8) is 0 Å². The summed E-state index contributed by atoms with van der Waals surface area (Å²) < 4.78 is 18.0. The van der Waals surface area contributed by atoms with Crippen molar-refractivity contribution in [3.05, 3.63) is 48.0 Å². The summed E-state index contributed by atoms with van der Waals surface area (Å²) in [5.74, 6) is -1.18. The number of aromatic carboxylic acids is 1. The molecule has 0 bridgehead atoms. The molecule has 7 heteroatoms.